The van der Waals surface area contributed by atoms with Crippen molar-refractivity contribution in [3.8, 4) is 0 Å². The molecule has 4 nitrogen and oxygen atoms in total. The maximum Gasteiger partial charge on any atom is 0.243 e. The molecule has 0 aliphatic carbocycles. The largest absolute Gasteiger partial charge is 0.360 e. The second kappa shape index (κ2) is 7.15. The number of rotatable bonds is 5. The lowest BCUT2D eigenvalue weighted by Crippen LogP contribution is -2.19. The van der Waals surface area contributed by atoms with E-state index >= 15 is 0 Å². The molecule has 3 aromatic rings. The van der Waals surface area contributed by atoms with E-state index in [9.17, 15) is 4.79 Å². The maximum absolute atomic E-state index is 12.7. The summed E-state index contributed by atoms with van der Waals surface area (Å²) < 4.78 is 5.00. The Labute approximate surface area is 138 Å². The van der Waals surface area contributed by atoms with E-state index in [-0.39, 0.29) is 11.2 Å². The number of carbonyl (C=O) groups is 1. The van der Waals surface area contributed by atoms with Crippen LogP contribution >= 0.6 is 11.8 Å². The molecular formula is C18H16N2O2S. The van der Waals surface area contributed by atoms with Crippen LogP contribution in [0.15, 0.2) is 76.1 Å². The molecule has 1 N–H and O–H groups in total. The Kier molecular flexibility index (Phi) is 4.78. The third-order valence-corrected chi connectivity index (χ3v) is 4.48. The molecule has 0 saturated carbocycles. The summed E-state index contributed by atoms with van der Waals surface area (Å²) in [4.78, 5) is 13.7. The molecule has 1 unspecified atom stereocenters. The Bertz CT molecular complexity index is 772. The molecule has 1 atom stereocenters. The van der Waals surface area contributed by atoms with Crippen LogP contribution in [0.1, 0.15) is 16.6 Å². The normalized spacial score (nSPS) is 11.9. The maximum atomic E-state index is 12.7. The fourth-order valence-corrected chi connectivity index (χ4v) is 3.20. The summed E-state index contributed by atoms with van der Waals surface area (Å²) >= 11 is 1.51. The lowest BCUT2D eigenvalue weighted by atomic mass is 10.1. The van der Waals surface area contributed by atoms with Gasteiger partial charge in [0.05, 0.1) is 0 Å². The molecule has 3 rings (SSSR count). The SMILES string of the molecule is Cc1cc(NC(=O)C(Sc2ccccc2)c2ccccc2)no1. The Hall–Kier alpha value is -2.53. The van der Waals surface area contributed by atoms with Crippen LogP contribution in [-0.2, 0) is 4.79 Å². The van der Waals surface area contributed by atoms with E-state index in [1.54, 1.807) is 13.0 Å². The lowest BCUT2D eigenvalue weighted by Gasteiger charge is -2.16. The standard InChI is InChI=1S/C18H16N2O2S/c1-13-12-16(20-22-13)19-18(21)17(14-8-4-2-5-9-14)23-15-10-6-3-7-11-15/h2-12,17H,1H3,(H,19,20,21). The van der Waals surface area contributed by atoms with Gasteiger partial charge in [0.25, 0.3) is 0 Å². The molecule has 0 spiro atoms. The van der Waals surface area contributed by atoms with Crippen LogP contribution in [0.25, 0.3) is 0 Å². The van der Waals surface area contributed by atoms with Gasteiger partial charge in [0.15, 0.2) is 5.82 Å². The highest BCUT2D eigenvalue weighted by Gasteiger charge is 2.22. The highest BCUT2D eigenvalue weighted by molar-refractivity contribution is 8.00. The van der Waals surface area contributed by atoms with E-state index in [0.717, 1.165) is 10.5 Å². The van der Waals surface area contributed by atoms with Crippen molar-refractivity contribution >= 4 is 23.5 Å². The van der Waals surface area contributed by atoms with Gasteiger partial charge in [0, 0.05) is 11.0 Å². The van der Waals surface area contributed by atoms with Gasteiger partial charge in [-0.25, -0.2) is 0 Å². The number of benzene rings is 2. The Morgan fingerprint density at radius 1 is 1.09 bits per heavy atom. The molecule has 1 amide bonds. The number of hydrogen-bond donors (Lipinski definition) is 1. The topological polar surface area (TPSA) is 55.1 Å². The summed E-state index contributed by atoms with van der Waals surface area (Å²) in [6.45, 7) is 1.79. The highest BCUT2D eigenvalue weighted by atomic mass is 32.2. The number of hydrogen-bond acceptors (Lipinski definition) is 4. The third-order valence-electron chi connectivity index (χ3n) is 3.22. The fourth-order valence-electron chi connectivity index (χ4n) is 2.15. The van der Waals surface area contributed by atoms with Crippen molar-refractivity contribution in [2.75, 3.05) is 5.32 Å². The zero-order valence-corrected chi connectivity index (χ0v) is 13.4. The molecule has 2 aromatic carbocycles. The average Bonchev–Trinajstić information content (AvgIpc) is 2.99. The summed E-state index contributed by atoms with van der Waals surface area (Å²) in [6, 6.07) is 21.3. The van der Waals surface area contributed by atoms with Gasteiger partial charge in [0.1, 0.15) is 11.0 Å². The predicted molar refractivity (Wildman–Crippen MR) is 91.4 cm³/mol. The van der Waals surface area contributed by atoms with Gasteiger partial charge in [-0.1, -0.05) is 53.7 Å². The van der Waals surface area contributed by atoms with Crippen LogP contribution in [0.4, 0.5) is 5.82 Å². The smallest absolute Gasteiger partial charge is 0.243 e. The first-order chi connectivity index (χ1) is 11.2. The molecule has 0 bridgehead atoms. The highest BCUT2D eigenvalue weighted by Crippen LogP contribution is 2.36. The first-order valence-electron chi connectivity index (χ1n) is 7.23. The van der Waals surface area contributed by atoms with E-state index in [1.807, 2.05) is 60.7 Å². The van der Waals surface area contributed by atoms with E-state index in [0.29, 0.717) is 11.6 Å². The third kappa shape index (κ3) is 4.02. The molecule has 0 radical (unpaired) electrons. The van der Waals surface area contributed by atoms with Crippen molar-refractivity contribution in [3.05, 3.63) is 78.1 Å². The van der Waals surface area contributed by atoms with Crippen LogP contribution in [-0.4, -0.2) is 11.1 Å². The van der Waals surface area contributed by atoms with E-state index < -0.39 is 0 Å². The Balaban J connectivity index is 1.84. The van der Waals surface area contributed by atoms with Gasteiger partial charge >= 0.3 is 0 Å². The van der Waals surface area contributed by atoms with Gasteiger partial charge in [0.2, 0.25) is 5.91 Å². The number of nitrogens with one attached hydrogen (secondary N) is 1. The van der Waals surface area contributed by atoms with Gasteiger partial charge in [-0.15, -0.1) is 11.8 Å². The molecule has 116 valence electrons. The van der Waals surface area contributed by atoms with E-state index in [1.165, 1.54) is 11.8 Å². The number of aromatic nitrogens is 1. The van der Waals surface area contributed by atoms with Crippen molar-refractivity contribution in [3.63, 3.8) is 0 Å². The molecule has 1 aromatic heterocycles. The molecule has 5 heteroatoms. The van der Waals surface area contributed by atoms with Crippen molar-refractivity contribution in [1.82, 2.24) is 5.16 Å². The minimum absolute atomic E-state index is 0.127. The van der Waals surface area contributed by atoms with Crippen molar-refractivity contribution in [1.29, 1.82) is 0 Å². The molecule has 23 heavy (non-hydrogen) atoms. The number of thioether (sulfide) groups is 1. The monoisotopic (exact) mass is 324 g/mol. The molecular weight excluding hydrogens is 308 g/mol. The molecule has 0 aliphatic heterocycles. The first kappa shape index (κ1) is 15.4. The number of aryl methyl sites for hydroxylation is 1. The number of nitrogens with zero attached hydrogens (tertiary/aromatic N) is 1. The van der Waals surface area contributed by atoms with Gasteiger partial charge in [-0.3, -0.25) is 4.79 Å². The van der Waals surface area contributed by atoms with E-state index in [2.05, 4.69) is 10.5 Å². The van der Waals surface area contributed by atoms with Crippen LogP contribution in [0.5, 0.6) is 0 Å². The van der Waals surface area contributed by atoms with Gasteiger partial charge in [-0.05, 0) is 24.6 Å². The molecule has 0 saturated heterocycles. The summed E-state index contributed by atoms with van der Waals surface area (Å²) in [7, 11) is 0. The Morgan fingerprint density at radius 2 is 1.74 bits per heavy atom. The zero-order chi connectivity index (χ0) is 16.1. The average molecular weight is 324 g/mol. The lowest BCUT2D eigenvalue weighted by molar-refractivity contribution is -0.115. The summed E-state index contributed by atoms with van der Waals surface area (Å²) in [6.07, 6.45) is 0. The molecule has 0 fully saturated rings. The van der Waals surface area contributed by atoms with Crippen LogP contribution < -0.4 is 5.32 Å². The predicted octanol–water partition coefficient (Wildman–Crippen LogP) is 4.46. The molecule has 1 heterocycles. The molecule has 0 aliphatic rings. The summed E-state index contributed by atoms with van der Waals surface area (Å²) in [5, 5.41) is 6.27. The summed E-state index contributed by atoms with van der Waals surface area (Å²) in [5.74, 6) is 0.965. The van der Waals surface area contributed by atoms with Crippen LogP contribution in [0, 0.1) is 6.92 Å². The zero-order valence-electron chi connectivity index (χ0n) is 12.6. The minimum atomic E-state index is -0.365. The summed E-state index contributed by atoms with van der Waals surface area (Å²) in [5.41, 5.74) is 0.944. The van der Waals surface area contributed by atoms with Crippen molar-refractivity contribution in [2.24, 2.45) is 0 Å². The van der Waals surface area contributed by atoms with Gasteiger partial charge < -0.3 is 9.84 Å². The number of carbonyl (C=O) groups excluding carboxylic acids is 1. The second-order valence-electron chi connectivity index (χ2n) is 5.03. The van der Waals surface area contributed by atoms with Crippen LogP contribution in [0.2, 0.25) is 0 Å². The number of amides is 1. The van der Waals surface area contributed by atoms with Crippen molar-refractivity contribution in [2.45, 2.75) is 17.1 Å². The Morgan fingerprint density at radius 3 is 2.35 bits per heavy atom. The second-order valence-corrected chi connectivity index (χ2v) is 6.21. The fraction of sp³-hybridized carbons (Fsp3) is 0.111. The van der Waals surface area contributed by atoms with Gasteiger partial charge in [-0.2, -0.15) is 0 Å². The van der Waals surface area contributed by atoms with Crippen LogP contribution in [0.3, 0.4) is 0 Å². The quantitative estimate of drug-likeness (QED) is 0.704. The number of anilines is 1. The minimum Gasteiger partial charge on any atom is -0.360 e. The first-order valence-corrected chi connectivity index (χ1v) is 8.11. The van der Waals surface area contributed by atoms with Crippen molar-refractivity contribution < 1.29 is 9.32 Å². The van der Waals surface area contributed by atoms with E-state index in [4.69, 9.17) is 4.52 Å².